The van der Waals surface area contributed by atoms with Crippen LogP contribution in [0.3, 0.4) is 0 Å². The van der Waals surface area contributed by atoms with Crippen LogP contribution in [0.1, 0.15) is 26.2 Å². The second-order valence-electron chi connectivity index (χ2n) is 3.05. The first-order chi connectivity index (χ1) is 7.24. The Morgan fingerprint density at radius 2 is 1.67 bits per heavy atom. The Labute approximate surface area is 92.2 Å². The average Bonchev–Trinajstić information content (AvgIpc) is 2.29. The van der Waals surface area contributed by atoms with Gasteiger partial charge in [0.2, 0.25) is 0 Å². The molecule has 0 saturated carbocycles. The lowest BCUT2D eigenvalue weighted by Gasteiger charge is -2.28. The highest BCUT2D eigenvalue weighted by Crippen LogP contribution is 2.18. The number of allylic oxidation sites excluding steroid dienone is 1. The molecule has 0 radical (unpaired) electrons. The molecule has 0 N–H and O–H groups in total. The summed E-state index contributed by atoms with van der Waals surface area (Å²) >= 11 is 0. The molecule has 0 atom stereocenters. The largest absolute Gasteiger partial charge is 0.502 e. The summed E-state index contributed by atoms with van der Waals surface area (Å²) < 4.78 is 20.7. The predicted molar refractivity (Wildman–Crippen MR) is 58.4 cm³/mol. The van der Waals surface area contributed by atoms with Gasteiger partial charge in [-0.3, -0.25) is 0 Å². The van der Waals surface area contributed by atoms with Gasteiger partial charge in [0.1, 0.15) is 0 Å². The van der Waals surface area contributed by atoms with Crippen LogP contribution in [0.2, 0.25) is 0 Å². The number of hydrogen-bond donors (Lipinski definition) is 0. The van der Waals surface area contributed by atoms with Gasteiger partial charge in [0.05, 0.1) is 12.9 Å². The van der Waals surface area contributed by atoms with Gasteiger partial charge in [0.15, 0.2) is 0 Å². The summed E-state index contributed by atoms with van der Waals surface area (Å²) in [6.45, 7) is 2.69. The molecule has 0 heterocycles. The van der Waals surface area contributed by atoms with Gasteiger partial charge >= 0.3 is 0 Å². The molecule has 0 aliphatic rings. The molecule has 0 aliphatic carbocycles. The highest BCUT2D eigenvalue weighted by molar-refractivity contribution is 4.70. The van der Waals surface area contributed by atoms with Crippen LogP contribution in [0.15, 0.2) is 12.3 Å². The van der Waals surface area contributed by atoms with E-state index in [9.17, 15) is 0 Å². The van der Waals surface area contributed by atoms with Crippen molar-refractivity contribution in [2.75, 3.05) is 27.9 Å². The Bertz CT molecular complexity index is 156. The molecule has 4 heteroatoms. The Balaban J connectivity index is 3.67. The van der Waals surface area contributed by atoms with E-state index in [1.165, 1.54) is 0 Å². The molecule has 0 amide bonds. The maximum atomic E-state index is 5.26. The molecule has 0 rings (SSSR count). The molecule has 90 valence electrons. The molecule has 4 nitrogen and oxygen atoms in total. The molecule has 0 saturated heterocycles. The van der Waals surface area contributed by atoms with E-state index in [0.717, 1.165) is 12.8 Å². The van der Waals surface area contributed by atoms with Crippen LogP contribution >= 0.6 is 0 Å². The SMILES string of the molecule is CCC=COCCCC(OC)(OC)OC. The van der Waals surface area contributed by atoms with E-state index >= 15 is 0 Å². The Morgan fingerprint density at radius 1 is 1.07 bits per heavy atom. The zero-order valence-electron chi connectivity index (χ0n) is 10.1. The standard InChI is InChI=1S/C11H22O4/c1-5-6-9-15-10-7-8-11(12-2,13-3)14-4/h6,9H,5,7-8,10H2,1-4H3. The van der Waals surface area contributed by atoms with Gasteiger partial charge in [-0.2, -0.15) is 0 Å². The van der Waals surface area contributed by atoms with Gasteiger partial charge in [-0.1, -0.05) is 13.0 Å². The molecule has 0 aromatic heterocycles. The third-order valence-electron chi connectivity index (χ3n) is 2.11. The van der Waals surface area contributed by atoms with E-state index in [2.05, 4.69) is 6.92 Å². The van der Waals surface area contributed by atoms with Crippen LogP contribution in [-0.2, 0) is 18.9 Å². The molecule has 15 heavy (non-hydrogen) atoms. The minimum absolute atomic E-state index is 0.633. The fraction of sp³-hybridized carbons (Fsp3) is 0.818. The summed E-state index contributed by atoms with van der Waals surface area (Å²) in [5.74, 6) is -0.933. The normalized spacial score (nSPS) is 12.3. The lowest BCUT2D eigenvalue weighted by Crippen LogP contribution is -2.36. The number of ether oxygens (including phenoxy) is 4. The van der Waals surface area contributed by atoms with Crippen LogP contribution in [0.4, 0.5) is 0 Å². The second-order valence-corrected chi connectivity index (χ2v) is 3.05. The Hall–Kier alpha value is -0.580. The Morgan fingerprint density at radius 3 is 2.13 bits per heavy atom. The highest BCUT2D eigenvalue weighted by Gasteiger charge is 2.28. The maximum absolute atomic E-state index is 5.26. The van der Waals surface area contributed by atoms with Gasteiger partial charge in [-0.25, -0.2) is 0 Å². The quantitative estimate of drug-likeness (QED) is 0.338. The summed E-state index contributed by atoms with van der Waals surface area (Å²) in [6, 6.07) is 0. The van der Waals surface area contributed by atoms with Gasteiger partial charge < -0.3 is 18.9 Å². The molecule has 0 aromatic rings. The summed E-state index contributed by atoms with van der Waals surface area (Å²) in [7, 11) is 4.68. The number of rotatable bonds is 9. The van der Waals surface area contributed by atoms with Crippen molar-refractivity contribution in [1.82, 2.24) is 0 Å². The maximum Gasteiger partial charge on any atom is 0.282 e. The van der Waals surface area contributed by atoms with E-state index in [0.29, 0.717) is 13.0 Å². The van der Waals surface area contributed by atoms with Crippen molar-refractivity contribution in [2.24, 2.45) is 0 Å². The first-order valence-electron chi connectivity index (χ1n) is 5.16. The zero-order chi connectivity index (χ0) is 11.6. The summed E-state index contributed by atoms with van der Waals surface area (Å²) in [6.07, 6.45) is 6.11. The van der Waals surface area contributed by atoms with E-state index in [1.54, 1.807) is 27.6 Å². The lowest BCUT2D eigenvalue weighted by atomic mass is 10.3. The van der Waals surface area contributed by atoms with Crippen molar-refractivity contribution in [2.45, 2.75) is 32.2 Å². The fourth-order valence-corrected chi connectivity index (χ4v) is 1.16. The third-order valence-corrected chi connectivity index (χ3v) is 2.11. The summed E-state index contributed by atoms with van der Waals surface area (Å²) in [5, 5.41) is 0. The second kappa shape index (κ2) is 8.71. The molecule has 0 spiro atoms. The third kappa shape index (κ3) is 5.77. The fourth-order valence-electron chi connectivity index (χ4n) is 1.16. The van der Waals surface area contributed by atoms with Crippen LogP contribution in [-0.4, -0.2) is 33.9 Å². The summed E-state index contributed by atoms with van der Waals surface area (Å²) in [4.78, 5) is 0. The van der Waals surface area contributed by atoms with Crippen molar-refractivity contribution < 1.29 is 18.9 Å². The Kier molecular flexibility index (Phi) is 8.37. The van der Waals surface area contributed by atoms with Gasteiger partial charge in [0.25, 0.3) is 5.97 Å². The predicted octanol–water partition coefficient (Wildman–Crippen LogP) is 2.30. The van der Waals surface area contributed by atoms with E-state index in [1.807, 2.05) is 6.08 Å². The number of hydrogen-bond acceptors (Lipinski definition) is 4. The molecule has 0 aromatic carbocycles. The van der Waals surface area contributed by atoms with Crippen LogP contribution in [0.5, 0.6) is 0 Å². The highest BCUT2D eigenvalue weighted by atomic mass is 16.9. The van der Waals surface area contributed by atoms with Crippen molar-refractivity contribution in [3.05, 3.63) is 12.3 Å². The molecule has 0 unspecified atom stereocenters. The van der Waals surface area contributed by atoms with Crippen molar-refractivity contribution in [1.29, 1.82) is 0 Å². The molecular formula is C11H22O4. The van der Waals surface area contributed by atoms with E-state index in [-0.39, 0.29) is 0 Å². The molecule has 0 aliphatic heterocycles. The number of methoxy groups -OCH3 is 3. The molecule has 0 fully saturated rings. The first kappa shape index (κ1) is 14.4. The van der Waals surface area contributed by atoms with Crippen LogP contribution < -0.4 is 0 Å². The minimum atomic E-state index is -0.933. The topological polar surface area (TPSA) is 36.9 Å². The minimum Gasteiger partial charge on any atom is -0.502 e. The summed E-state index contributed by atoms with van der Waals surface area (Å²) in [5.41, 5.74) is 0. The van der Waals surface area contributed by atoms with E-state index < -0.39 is 5.97 Å². The lowest BCUT2D eigenvalue weighted by molar-refractivity contribution is -0.355. The van der Waals surface area contributed by atoms with Gasteiger partial charge in [0, 0.05) is 27.8 Å². The van der Waals surface area contributed by atoms with Crippen molar-refractivity contribution in [3.63, 3.8) is 0 Å². The molecule has 0 bridgehead atoms. The van der Waals surface area contributed by atoms with Crippen LogP contribution in [0.25, 0.3) is 0 Å². The van der Waals surface area contributed by atoms with Gasteiger partial charge in [-0.15, -0.1) is 0 Å². The molecular weight excluding hydrogens is 196 g/mol. The van der Waals surface area contributed by atoms with Crippen molar-refractivity contribution in [3.8, 4) is 0 Å². The zero-order valence-corrected chi connectivity index (χ0v) is 10.1. The smallest absolute Gasteiger partial charge is 0.282 e. The van der Waals surface area contributed by atoms with E-state index in [4.69, 9.17) is 18.9 Å². The first-order valence-corrected chi connectivity index (χ1v) is 5.16. The van der Waals surface area contributed by atoms with Gasteiger partial charge in [-0.05, 0) is 12.8 Å². The van der Waals surface area contributed by atoms with Crippen LogP contribution in [0, 0.1) is 0 Å². The average molecular weight is 218 g/mol. The van der Waals surface area contributed by atoms with Crippen molar-refractivity contribution >= 4 is 0 Å². The monoisotopic (exact) mass is 218 g/mol.